The summed E-state index contributed by atoms with van der Waals surface area (Å²) < 4.78 is 23.2. The molecule has 2 N–H and O–H groups in total. The predicted molar refractivity (Wildman–Crippen MR) is 76.7 cm³/mol. The van der Waals surface area contributed by atoms with Gasteiger partial charge in [0.2, 0.25) is 0 Å². The molecule has 104 valence electrons. The van der Waals surface area contributed by atoms with Gasteiger partial charge in [0.05, 0.1) is 11.5 Å². The first kappa shape index (κ1) is 13.1. The van der Waals surface area contributed by atoms with E-state index in [1.807, 2.05) is 6.07 Å². The third-order valence-corrected chi connectivity index (χ3v) is 6.47. The first-order valence-electron chi connectivity index (χ1n) is 7.12. The van der Waals surface area contributed by atoms with Crippen molar-refractivity contribution >= 4 is 9.84 Å². The van der Waals surface area contributed by atoms with Crippen LogP contribution in [0.2, 0.25) is 0 Å². The minimum atomic E-state index is -2.85. The summed E-state index contributed by atoms with van der Waals surface area (Å²) in [5, 5.41) is 0. The summed E-state index contributed by atoms with van der Waals surface area (Å²) in [6, 6.07) is 8.20. The fourth-order valence-corrected chi connectivity index (χ4v) is 5.12. The number of sulfone groups is 1. The van der Waals surface area contributed by atoms with E-state index < -0.39 is 9.84 Å². The molecule has 4 heteroatoms. The van der Waals surface area contributed by atoms with Gasteiger partial charge in [0.1, 0.15) is 0 Å². The maximum absolute atomic E-state index is 11.6. The highest BCUT2D eigenvalue weighted by Crippen LogP contribution is 2.41. The molecule has 1 aliphatic carbocycles. The molecule has 19 heavy (non-hydrogen) atoms. The fourth-order valence-electron chi connectivity index (χ4n) is 3.27. The van der Waals surface area contributed by atoms with Gasteiger partial charge in [-0.2, -0.15) is 0 Å². The molecular weight excluding hydrogens is 258 g/mol. The lowest BCUT2D eigenvalue weighted by atomic mass is 9.76. The molecule has 1 saturated heterocycles. The summed E-state index contributed by atoms with van der Waals surface area (Å²) in [4.78, 5) is 0. The Labute approximate surface area is 115 Å². The molecular formula is C15H21NO2S. The first-order chi connectivity index (χ1) is 9.07. The molecule has 2 unspecified atom stereocenters. The van der Waals surface area contributed by atoms with Gasteiger partial charge in [-0.3, -0.25) is 0 Å². The highest BCUT2D eigenvalue weighted by Gasteiger charge is 2.34. The van der Waals surface area contributed by atoms with Gasteiger partial charge in [-0.05, 0) is 42.2 Å². The molecule has 0 radical (unpaired) electrons. The third kappa shape index (κ3) is 2.56. The van der Waals surface area contributed by atoms with Crippen molar-refractivity contribution in [1.29, 1.82) is 0 Å². The van der Waals surface area contributed by atoms with Crippen molar-refractivity contribution in [2.75, 3.05) is 11.5 Å². The van der Waals surface area contributed by atoms with E-state index in [-0.39, 0.29) is 17.7 Å². The van der Waals surface area contributed by atoms with Gasteiger partial charge in [0.15, 0.2) is 9.84 Å². The van der Waals surface area contributed by atoms with Crippen LogP contribution < -0.4 is 5.73 Å². The molecule has 2 fully saturated rings. The van der Waals surface area contributed by atoms with Crippen LogP contribution in [0.4, 0.5) is 0 Å². The van der Waals surface area contributed by atoms with Gasteiger partial charge in [-0.1, -0.05) is 30.7 Å². The zero-order chi connectivity index (χ0) is 13.5. The van der Waals surface area contributed by atoms with Crippen molar-refractivity contribution in [3.05, 3.63) is 35.4 Å². The van der Waals surface area contributed by atoms with Gasteiger partial charge >= 0.3 is 0 Å². The molecule has 1 heterocycles. The Hall–Kier alpha value is -0.870. The van der Waals surface area contributed by atoms with E-state index in [1.165, 1.54) is 30.4 Å². The molecule has 0 spiro atoms. The van der Waals surface area contributed by atoms with E-state index >= 15 is 0 Å². The minimum Gasteiger partial charge on any atom is -0.324 e. The van der Waals surface area contributed by atoms with E-state index in [1.54, 1.807) is 0 Å². The fraction of sp³-hybridized carbons (Fsp3) is 0.600. The SMILES string of the molecule is NC(c1ccccc1C1CCC1)C1CCS(=O)(=O)C1. The lowest BCUT2D eigenvalue weighted by Crippen LogP contribution is -2.25. The summed E-state index contributed by atoms with van der Waals surface area (Å²) in [5.74, 6) is 1.29. The normalized spacial score (nSPS) is 27.9. The Balaban J connectivity index is 1.85. The molecule has 0 amide bonds. The highest BCUT2D eigenvalue weighted by molar-refractivity contribution is 7.91. The van der Waals surface area contributed by atoms with Crippen molar-refractivity contribution < 1.29 is 8.42 Å². The van der Waals surface area contributed by atoms with E-state index in [4.69, 9.17) is 5.73 Å². The number of nitrogens with two attached hydrogens (primary N) is 1. The lowest BCUT2D eigenvalue weighted by molar-refractivity contribution is 0.406. The molecule has 0 aromatic heterocycles. The van der Waals surface area contributed by atoms with Crippen LogP contribution in [0.25, 0.3) is 0 Å². The molecule has 0 bridgehead atoms. The van der Waals surface area contributed by atoms with Crippen LogP contribution >= 0.6 is 0 Å². The van der Waals surface area contributed by atoms with E-state index in [2.05, 4.69) is 18.2 Å². The Morgan fingerprint density at radius 3 is 2.47 bits per heavy atom. The van der Waals surface area contributed by atoms with Crippen LogP contribution in [0.5, 0.6) is 0 Å². The van der Waals surface area contributed by atoms with Crippen molar-refractivity contribution in [2.24, 2.45) is 11.7 Å². The Kier molecular flexibility index (Phi) is 3.39. The number of hydrogen-bond acceptors (Lipinski definition) is 3. The maximum atomic E-state index is 11.6. The van der Waals surface area contributed by atoms with Crippen LogP contribution in [0.1, 0.15) is 48.8 Å². The van der Waals surface area contributed by atoms with Crippen molar-refractivity contribution in [3.63, 3.8) is 0 Å². The zero-order valence-corrected chi connectivity index (χ0v) is 11.9. The summed E-state index contributed by atoms with van der Waals surface area (Å²) in [6.45, 7) is 0. The average Bonchev–Trinajstić information content (AvgIpc) is 2.67. The Bertz CT molecular complexity index is 563. The largest absolute Gasteiger partial charge is 0.324 e. The monoisotopic (exact) mass is 279 g/mol. The summed E-state index contributed by atoms with van der Waals surface area (Å²) in [5.41, 5.74) is 8.90. The quantitative estimate of drug-likeness (QED) is 0.924. The zero-order valence-electron chi connectivity index (χ0n) is 11.1. The second-order valence-electron chi connectivity index (χ2n) is 5.95. The third-order valence-electron chi connectivity index (χ3n) is 4.68. The van der Waals surface area contributed by atoms with Gasteiger partial charge in [0.25, 0.3) is 0 Å². The maximum Gasteiger partial charge on any atom is 0.150 e. The smallest absolute Gasteiger partial charge is 0.150 e. The summed E-state index contributed by atoms with van der Waals surface area (Å²) >= 11 is 0. The van der Waals surface area contributed by atoms with E-state index in [0.717, 1.165) is 0 Å². The highest BCUT2D eigenvalue weighted by atomic mass is 32.2. The Morgan fingerprint density at radius 1 is 1.16 bits per heavy atom. The molecule has 3 rings (SSSR count). The second-order valence-corrected chi connectivity index (χ2v) is 8.17. The molecule has 3 nitrogen and oxygen atoms in total. The number of rotatable bonds is 3. The molecule has 1 saturated carbocycles. The van der Waals surface area contributed by atoms with E-state index in [9.17, 15) is 8.42 Å². The van der Waals surface area contributed by atoms with Crippen LogP contribution in [-0.2, 0) is 9.84 Å². The summed E-state index contributed by atoms with van der Waals surface area (Å²) in [7, 11) is -2.85. The van der Waals surface area contributed by atoms with Gasteiger partial charge < -0.3 is 5.73 Å². The lowest BCUT2D eigenvalue weighted by Gasteiger charge is -2.30. The molecule has 1 aromatic carbocycles. The Morgan fingerprint density at radius 2 is 1.89 bits per heavy atom. The minimum absolute atomic E-state index is 0.0891. The molecule has 2 atom stereocenters. The van der Waals surface area contributed by atoms with E-state index in [0.29, 0.717) is 18.1 Å². The van der Waals surface area contributed by atoms with Gasteiger partial charge in [-0.25, -0.2) is 8.42 Å². The summed E-state index contributed by atoms with van der Waals surface area (Å²) in [6.07, 6.45) is 4.49. The van der Waals surface area contributed by atoms with Crippen molar-refractivity contribution in [2.45, 2.75) is 37.6 Å². The first-order valence-corrected chi connectivity index (χ1v) is 8.94. The second kappa shape index (κ2) is 4.91. The number of benzene rings is 1. The topological polar surface area (TPSA) is 60.2 Å². The predicted octanol–water partition coefficient (Wildman–Crippen LogP) is 2.39. The van der Waals surface area contributed by atoms with Gasteiger partial charge in [-0.15, -0.1) is 0 Å². The number of hydrogen-bond donors (Lipinski definition) is 1. The van der Waals surface area contributed by atoms with Crippen molar-refractivity contribution in [3.8, 4) is 0 Å². The van der Waals surface area contributed by atoms with Crippen LogP contribution in [-0.4, -0.2) is 19.9 Å². The van der Waals surface area contributed by atoms with Crippen molar-refractivity contribution in [1.82, 2.24) is 0 Å². The standard InChI is InChI=1S/C15H21NO2S/c16-15(12-8-9-19(17,18)10-12)14-7-2-1-6-13(14)11-4-3-5-11/h1-2,6-7,11-12,15H,3-5,8-10,16H2. The van der Waals surface area contributed by atoms with Crippen LogP contribution in [0.15, 0.2) is 24.3 Å². The average molecular weight is 279 g/mol. The van der Waals surface area contributed by atoms with Gasteiger partial charge in [0, 0.05) is 6.04 Å². The molecule has 1 aromatic rings. The molecule has 1 aliphatic heterocycles. The molecule has 2 aliphatic rings. The van der Waals surface area contributed by atoms with Crippen LogP contribution in [0, 0.1) is 5.92 Å². The van der Waals surface area contributed by atoms with Crippen LogP contribution in [0.3, 0.4) is 0 Å².